The highest BCUT2D eigenvalue weighted by atomic mass is 32.2. The van der Waals surface area contributed by atoms with Crippen LogP contribution >= 0.6 is 0 Å². The largest absolute Gasteiger partial charge is 0.444 e. The van der Waals surface area contributed by atoms with Crippen molar-refractivity contribution in [2.24, 2.45) is 5.92 Å². The Kier molecular flexibility index (Phi) is 11.4. The number of likely N-dealkylation sites (N-methyl/N-ethyl adjacent to an activating group) is 1. The first-order valence-corrected chi connectivity index (χ1v) is 18.5. The number of likely N-dealkylation sites (tertiary alicyclic amines) is 2. The van der Waals surface area contributed by atoms with Gasteiger partial charge in [0.15, 0.2) is 0 Å². The smallest absolute Gasteiger partial charge is 0.410 e. The number of ether oxygens (including phenoxy) is 3. The third-order valence-corrected chi connectivity index (χ3v) is 11.6. The zero-order valence-electron chi connectivity index (χ0n) is 29.0. The molecule has 4 atom stereocenters. The number of nitrogens with zero attached hydrogens (tertiary/aromatic N) is 3. The number of hydrogen-bond acceptors (Lipinski definition) is 8. The minimum atomic E-state index is -3.78. The molecule has 3 saturated heterocycles. The summed E-state index contributed by atoms with van der Waals surface area (Å²) in [6, 6.07) is 16.9. The molecule has 0 aromatic heterocycles. The number of alkyl carbamates (subject to hydrolysis) is 1. The first kappa shape index (κ1) is 36.1. The van der Waals surface area contributed by atoms with Crippen molar-refractivity contribution in [2.45, 2.75) is 88.0 Å². The van der Waals surface area contributed by atoms with Crippen molar-refractivity contribution >= 4 is 22.2 Å². The fraction of sp³-hybridized carbons (Fsp3) is 0.611. The van der Waals surface area contributed by atoms with Crippen LogP contribution in [0, 0.1) is 5.92 Å². The van der Waals surface area contributed by atoms with Gasteiger partial charge in [0.1, 0.15) is 11.7 Å². The molecule has 3 heterocycles. The molecule has 5 rings (SSSR count). The summed E-state index contributed by atoms with van der Waals surface area (Å²) in [5.74, 6) is 0.406. The number of nitrogens with one attached hydrogen (secondary N) is 1. The monoisotopic (exact) mass is 684 g/mol. The summed E-state index contributed by atoms with van der Waals surface area (Å²) in [7, 11) is -2.14. The fourth-order valence-electron chi connectivity index (χ4n) is 7.08. The Morgan fingerprint density at radius 3 is 2.40 bits per heavy atom. The molecule has 0 aliphatic carbocycles. The van der Waals surface area contributed by atoms with Crippen LogP contribution in [-0.4, -0.2) is 105 Å². The van der Waals surface area contributed by atoms with Crippen LogP contribution in [-0.2, 0) is 36.2 Å². The van der Waals surface area contributed by atoms with Gasteiger partial charge in [-0.25, -0.2) is 22.3 Å². The number of rotatable bonds is 11. The van der Waals surface area contributed by atoms with Crippen LogP contribution < -0.4 is 5.32 Å². The van der Waals surface area contributed by atoms with Crippen LogP contribution in [0.4, 0.5) is 9.59 Å². The van der Waals surface area contributed by atoms with Crippen LogP contribution in [0.25, 0.3) is 0 Å². The van der Waals surface area contributed by atoms with Gasteiger partial charge in [0.05, 0.1) is 18.1 Å². The number of fused-ring (bicyclic) bond motifs is 1. The van der Waals surface area contributed by atoms with Gasteiger partial charge >= 0.3 is 12.2 Å². The van der Waals surface area contributed by atoms with Crippen molar-refractivity contribution in [2.75, 3.05) is 53.0 Å². The Labute approximate surface area is 285 Å². The Balaban J connectivity index is 1.19. The summed E-state index contributed by atoms with van der Waals surface area (Å²) >= 11 is 0. The molecule has 0 saturated carbocycles. The number of carbonyl (C=O) groups is 2. The van der Waals surface area contributed by atoms with Crippen LogP contribution in [0.2, 0.25) is 0 Å². The lowest BCUT2D eigenvalue weighted by Gasteiger charge is -2.40. The van der Waals surface area contributed by atoms with Gasteiger partial charge in [-0.2, -0.15) is 0 Å². The second-order valence-electron chi connectivity index (χ2n) is 14.7. The highest BCUT2D eigenvalue weighted by Crippen LogP contribution is 2.35. The van der Waals surface area contributed by atoms with Crippen molar-refractivity contribution in [1.82, 2.24) is 19.4 Å². The van der Waals surface area contributed by atoms with Crippen LogP contribution in [0.3, 0.4) is 0 Å². The van der Waals surface area contributed by atoms with Gasteiger partial charge in [-0.05, 0) is 75.8 Å². The van der Waals surface area contributed by atoms with Gasteiger partial charge in [0, 0.05) is 57.6 Å². The molecule has 3 aliphatic heterocycles. The predicted molar refractivity (Wildman–Crippen MR) is 183 cm³/mol. The van der Waals surface area contributed by atoms with E-state index in [0.717, 1.165) is 56.6 Å². The average Bonchev–Trinajstić information content (AvgIpc) is 3.72. The number of sulfonamides is 1. The van der Waals surface area contributed by atoms with Gasteiger partial charge < -0.3 is 29.3 Å². The maximum Gasteiger partial charge on any atom is 0.410 e. The standard InChI is InChI=1S/C36H52N4O7S/c1-35(2,3)47-34(42)40-20-15-28-24-39(19-16-32(28)40)21-18-36(4,29-9-7-6-8-10-29)26-38(5)48(43,44)31-13-11-27(12-14-31)23-37-33(41)46-30-17-22-45-25-30/h6-14,28,30,32H,15-26H2,1-5H3,(H,37,41)/t28-,30-,32+,36+/m0/s1. The lowest BCUT2D eigenvalue weighted by Crippen LogP contribution is -2.49. The molecular formula is C36H52N4O7S. The zero-order chi connectivity index (χ0) is 34.5. The van der Waals surface area contributed by atoms with E-state index in [-0.39, 0.29) is 29.7 Å². The SMILES string of the molecule is CN(C[C@@](C)(CCN1CC[C@@H]2[C@@H](CCN2C(=O)OC(C)(C)C)C1)c1ccccc1)S(=O)(=O)c1ccc(CNC(=O)O[C@H]2CCOC2)cc1. The molecule has 3 aliphatic rings. The molecule has 2 amide bonds. The summed E-state index contributed by atoms with van der Waals surface area (Å²) in [5, 5.41) is 2.72. The van der Waals surface area contributed by atoms with Crippen molar-refractivity contribution in [3.63, 3.8) is 0 Å². The third-order valence-electron chi connectivity index (χ3n) is 9.80. The minimum Gasteiger partial charge on any atom is -0.444 e. The van der Waals surface area contributed by atoms with E-state index in [1.54, 1.807) is 31.3 Å². The van der Waals surface area contributed by atoms with E-state index >= 15 is 0 Å². The van der Waals surface area contributed by atoms with Crippen LogP contribution in [0.5, 0.6) is 0 Å². The van der Waals surface area contributed by atoms with E-state index in [1.165, 1.54) is 4.31 Å². The van der Waals surface area contributed by atoms with Crippen molar-refractivity contribution in [3.05, 3.63) is 65.7 Å². The van der Waals surface area contributed by atoms with Crippen molar-refractivity contribution in [1.29, 1.82) is 0 Å². The molecule has 11 nitrogen and oxygen atoms in total. The second-order valence-corrected chi connectivity index (χ2v) is 16.8. The summed E-state index contributed by atoms with van der Waals surface area (Å²) in [6.45, 7) is 12.7. The van der Waals surface area contributed by atoms with E-state index < -0.39 is 27.1 Å². The highest BCUT2D eigenvalue weighted by Gasteiger charge is 2.42. The first-order valence-electron chi connectivity index (χ1n) is 17.1. The molecule has 3 fully saturated rings. The van der Waals surface area contributed by atoms with Crippen molar-refractivity contribution in [3.8, 4) is 0 Å². The summed E-state index contributed by atoms with van der Waals surface area (Å²) in [5.41, 5.74) is 0.913. The number of piperidine rings is 1. The van der Waals surface area contributed by atoms with Gasteiger partial charge in [-0.15, -0.1) is 0 Å². The Bertz CT molecular complexity index is 1490. The number of carbonyl (C=O) groups excluding carboxylic acids is 2. The van der Waals surface area contributed by atoms with Crippen LogP contribution in [0.1, 0.15) is 64.5 Å². The zero-order valence-corrected chi connectivity index (χ0v) is 29.8. The van der Waals surface area contributed by atoms with E-state index in [2.05, 4.69) is 29.3 Å². The molecule has 2 aromatic carbocycles. The quantitative estimate of drug-likeness (QED) is 0.352. The molecular weight excluding hydrogens is 632 g/mol. The second kappa shape index (κ2) is 15.1. The number of hydrogen-bond donors (Lipinski definition) is 1. The Hall–Kier alpha value is -3.19. The summed E-state index contributed by atoms with van der Waals surface area (Å²) < 4.78 is 45.3. The van der Waals surface area contributed by atoms with Gasteiger partial charge in [0.2, 0.25) is 10.0 Å². The van der Waals surface area contributed by atoms with E-state index in [1.807, 2.05) is 43.9 Å². The normalized spacial score (nSPS) is 23.0. The van der Waals surface area contributed by atoms with Crippen LogP contribution in [0.15, 0.2) is 59.5 Å². The van der Waals surface area contributed by atoms with Gasteiger partial charge in [-0.3, -0.25) is 0 Å². The maximum atomic E-state index is 13.8. The molecule has 0 bridgehead atoms. The summed E-state index contributed by atoms with van der Waals surface area (Å²) in [6.07, 6.45) is 2.37. The molecule has 12 heteroatoms. The third kappa shape index (κ3) is 9.07. The molecule has 0 radical (unpaired) electrons. The molecule has 0 unspecified atom stereocenters. The Morgan fingerprint density at radius 2 is 1.73 bits per heavy atom. The fourth-order valence-corrected chi connectivity index (χ4v) is 8.37. The molecule has 1 N–H and O–H groups in total. The topological polar surface area (TPSA) is 118 Å². The Morgan fingerprint density at radius 1 is 1.00 bits per heavy atom. The van der Waals surface area contributed by atoms with E-state index in [9.17, 15) is 18.0 Å². The van der Waals surface area contributed by atoms with Gasteiger partial charge in [-0.1, -0.05) is 49.4 Å². The van der Waals surface area contributed by atoms with E-state index in [0.29, 0.717) is 32.1 Å². The molecule has 264 valence electrons. The number of amides is 2. The lowest BCUT2D eigenvalue weighted by atomic mass is 9.79. The van der Waals surface area contributed by atoms with E-state index in [4.69, 9.17) is 14.2 Å². The van der Waals surface area contributed by atoms with Gasteiger partial charge in [0.25, 0.3) is 0 Å². The van der Waals surface area contributed by atoms with Crippen molar-refractivity contribution < 1.29 is 32.2 Å². The molecule has 0 spiro atoms. The molecule has 48 heavy (non-hydrogen) atoms. The lowest BCUT2D eigenvalue weighted by molar-refractivity contribution is 0.0139. The average molecular weight is 685 g/mol. The maximum absolute atomic E-state index is 13.8. The molecule has 2 aromatic rings. The summed E-state index contributed by atoms with van der Waals surface area (Å²) in [4.78, 5) is 29.5. The highest BCUT2D eigenvalue weighted by molar-refractivity contribution is 7.89. The minimum absolute atomic E-state index is 0.202. The number of benzene rings is 2. The first-order chi connectivity index (χ1) is 22.7. The predicted octanol–water partition coefficient (Wildman–Crippen LogP) is 5.00.